The van der Waals surface area contributed by atoms with Crippen LogP contribution in [-0.4, -0.2) is 72.7 Å². The first-order valence-corrected chi connectivity index (χ1v) is 14.1. The van der Waals surface area contributed by atoms with Crippen molar-refractivity contribution in [1.29, 1.82) is 0 Å². The van der Waals surface area contributed by atoms with Crippen molar-refractivity contribution >= 4 is 45.2 Å². The van der Waals surface area contributed by atoms with Crippen LogP contribution in [0.25, 0.3) is 0 Å². The van der Waals surface area contributed by atoms with E-state index < -0.39 is 57.7 Å². The first-order chi connectivity index (χ1) is 18.1. The van der Waals surface area contributed by atoms with E-state index in [-0.39, 0.29) is 34.3 Å². The van der Waals surface area contributed by atoms with Gasteiger partial charge in [-0.15, -0.1) is 11.8 Å². The Labute approximate surface area is 225 Å². The number of alkyl halides is 3. The number of amides is 3. The highest BCUT2D eigenvalue weighted by Gasteiger charge is 2.44. The van der Waals surface area contributed by atoms with E-state index in [0.29, 0.717) is 18.2 Å². The van der Waals surface area contributed by atoms with Gasteiger partial charge in [-0.1, -0.05) is 0 Å². The molecule has 1 aromatic heterocycles. The van der Waals surface area contributed by atoms with Crippen LogP contribution in [0.2, 0.25) is 0 Å². The van der Waals surface area contributed by atoms with Crippen molar-refractivity contribution < 1.29 is 40.4 Å². The highest BCUT2D eigenvalue weighted by atomic mass is 32.2. The van der Waals surface area contributed by atoms with Crippen LogP contribution in [-0.2, 0) is 26.7 Å². The summed E-state index contributed by atoms with van der Waals surface area (Å²) < 4.78 is 82.3. The molecule has 0 radical (unpaired) electrons. The number of nitrogens with one attached hydrogen (secondary N) is 3. The van der Waals surface area contributed by atoms with Crippen LogP contribution in [0.3, 0.4) is 0 Å². The van der Waals surface area contributed by atoms with Crippen LogP contribution in [0.5, 0.6) is 0 Å². The average molecular weight is 592 g/mol. The molecule has 2 aromatic rings. The fourth-order valence-electron chi connectivity index (χ4n) is 4.36. The van der Waals surface area contributed by atoms with Crippen molar-refractivity contribution in [1.82, 2.24) is 19.5 Å². The van der Waals surface area contributed by atoms with E-state index in [4.69, 9.17) is 0 Å². The van der Waals surface area contributed by atoms with Gasteiger partial charge in [0.05, 0.1) is 4.90 Å². The zero-order valence-electron chi connectivity index (χ0n) is 20.9. The molecule has 39 heavy (non-hydrogen) atoms. The molecule has 0 saturated carbocycles. The van der Waals surface area contributed by atoms with Gasteiger partial charge in [0.2, 0.25) is 10.0 Å². The van der Waals surface area contributed by atoms with Gasteiger partial charge in [-0.25, -0.2) is 17.5 Å². The molecule has 1 fully saturated rings. The number of anilines is 1. The molecule has 3 heterocycles. The topological polar surface area (TPSA) is 130 Å². The Balaban J connectivity index is 1.54. The van der Waals surface area contributed by atoms with Crippen molar-refractivity contribution in [3.8, 4) is 0 Å². The van der Waals surface area contributed by atoms with E-state index in [2.05, 4.69) is 10.0 Å². The molecule has 1 saturated heterocycles. The van der Waals surface area contributed by atoms with Crippen molar-refractivity contribution in [3.63, 3.8) is 0 Å². The lowest BCUT2D eigenvalue weighted by Gasteiger charge is -2.22. The highest BCUT2D eigenvalue weighted by molar-refractivity contribution is 8.00. The Hall–Kier alpha value is -3.11. The summed E-state index contributed by atoms with van der Waals surface area (Å²) in [5.41, 5.74) is 0.671. The van der Waals surface area contributed by atoms with Crippen LogP contribution >= 0.6 is 11.8 Å². The maximum Gasteiger partial charge on any atom is 0.408 e. The molecule has 0 bridgehead atoms. The molecule has 1 aromatic carbocycles. The fraction of sp³-hybridized carbons (Fsp3) is 0.435. The predicted octanol–water partition coefficient (Wildman–Crippen LogP) is 2.00. The van der Waals surface area contributed by atoms with Gasteiger partial charge in [0.1, 0.15) is 22.4 Å². The van der Waals surface area contributed by atoms with Gasteiger partial charge in [-0.05, 0) is 37.6 Å². The molecular weight excluding hydrogens is 566 g/mol. The number of rotatable bonds is 3. The lowest BCUT2D eigenvalue weighted by Crippen LogP contribution is -2.50. The molecule has 2 aliphatic heterocycles. The Bertz CT molecular complexity index is 1440. The van der Waals surface area contributed by atoms with Crippen molar-refractivity contribution in [2.45, 2.75) is 41.9 Å². The smallest absolute Gasteiger partial charge is 0.344 e. The van der Waals surface area contributed by atoms with E-state index in [1.807, 2.05) is 0 Å². The van der Waals surface area contributed by atoms with Crippen LogP contribution in [0.4, 0.5) is 23.2 Å². The summed E-state index contributed by atoms with van der Waals surface area (Å²) in [6, 6.07) is 0.968. The summed E-state index contributed by atoms with van der Waals surface area (Å²) in [5.74, 6) is -3.96. The third-order valence-electron chi connectivity index (χ3n) is 6.53. The number of hydrogen-bond acceptors (Lipinski definition) is 6. The van der Waals surface area contributed by atoms with Crippen molar-refractivity contribution in [2.24, 2.45) is 13.0 Å². The number of fused-ring (bicyclic) bond motifs is 2. The average Bonchev–Trinajstić information content (AvgIpc) is 3.38. The number of carbonyl (C=O) groups excluding carboxylic acids is 3. The molecule has 2 aliphatic rings. The quantitative estimate of drug-likeness (QED) is 0.370. The number of nitrogens with zero attached hydrogens (tertiary/aromatic N) is 2. The molecule has 0 unspecified atom stereocenters. The van der Waals surface area contributed by atoms with Crippen molar-refractivity contribution in [2.75, 3.05) is 24.2 Å². The number of hydrogen-bond donors (Lipinski definition) is 3. The lowest BCUT2D eigenvalue weighted by molar-refractivity contribution is -0.162. The minimum absolute atomic E-state index is 0.0484. The maximum absolute atomic E-state index is 13.6. The highest BCUT2D eigenvalue weighted by Crippen LogP contribution is 2.38. The zero-order chi connectivity index (χ0) is 28.9. The summed E-state index contributed by atoms with van der Waals surface area (Å²) in [5, 5.41) is 4.26. The first kappa shape index (κ1) is 28.9. The summed E-state index contributed by atoms with van der Waals surface area (Å²) in [6.45, 7) is 1.95. The Morgan fingerprint density at radius 3 is 2.54 bits per heavy atom. The van der Waals surface area contributed by atoms with E-state index >= 15 is 0 Å². The Morgan fingerprint density at radius 2 is 1.90 bits per heavy atom. The van der Waals surface area contributed by atoms with Crippen LogP contribution in [0.1, 0.15) is 23.0 Å². The van der Waals surface area contributed by atoms with Gasteiger partial charge in [-0.2, -0.15) is 13.2 Å². The Morgan fingerprint density at radius 1 is 1.21 bits per heavy atom. The Kier molecular flexibility index (Phi) is 7.75. The molecule has 3 amide bonds. The predicted molar refractivity (Wildman–Crippen MR) is 133 cm³/mol. The molecule has 3 N–H and O–H groups in total. The number of benzene rings is 1. The second-order valence-electron chi connectivity index (χ2n) is 9.45. The number of likely N-dealkylation sites (tertiary alicyclic amines) is 1. The fourth-order valence-corrected chi connectivity index (χ4v) is 7.58. The van der Waals surface area contributed by atoms with Gasteiger partial charge in [0.25, 0.3) is 5.91 Å². The number of halogens is 4. The van der Waals surface area contributed by atoms with Gasteiger partial charge in [0.15, 0.2) is 0 Å². The monoisotopic (exact) mass is 591 g/mol. The van der Waals surface area contributed by atoms with Crippen LogP contribution in [0.15, 0.2) is 34.2 Å². The van der Waals surface area contributed by atoms with E-state index in [0.717, 1.165) is 16.7 Å². The molecule has 3 atom stereocenters. The summed E-state index contributed by atoms with van der Waals surface area (Å²) >= 11 is 1.08. The molecule has 10 nitrogen and oxygen atoms in total. The molecule has 212 valence electrons. The third kappa shape index (κ3) is 5.91. The maximum atomic E-state index is 13.6. The normalized spacial score (nSPS) is 21.3. The second-order valence-corrected chi connectivity index (χ2v) is 12.2. The number of aromatic nitrogens is 1. The van der Waals surface area contributed by atoms with Gasteiger partial charge >= 0.3 is 18.0 Å². The van der Waals surface area contributed by atoms with E-state index in [1.165, 1.54) is 42.9 Å². The number of aryl methyl sites for hydroxylation is 2. The largest absolute Gasteiger partial charge is 0.408 e. The van der Waals surface area contributed by atoms with Gasteiger partial charge in [0, 0.05) is 49.7 Å². The molecule has 0 aliphatic carbocycles. The standard InChI is InChI=1S/C23H25F4N5O5S2/c1-11-6-14(4-5-15(11)24)29-20(33)18-19-17(9-31(18)3)39(36,37)30-16-8-32(7-13(16)10-38-19)22(35)21(34)28-12(2)23(25,26)27/h4-6,9,12-13,16,30H,7-8,10H2,1-3H3,(H,28,34)(H,29,33)/t12-,13+,16+/m1/s1. The summed E-state index contributed by atoms with van der Waals surface area (Å²) in [7, 11) is -2.69. The third-order valence-corrected chi connectivity index (χ3v) is 9.46. The van der Waals surface area contributed by atoms with Crippen LogP contribution in [0, 0.1) is 18.7 Å². The lowest BCUT2D eigenvalue weighted by atomic mass is 10.1. The number of carbonyl (C=O) groups is 3. The van der Waals surface area contributed by atoms with E-state index in [1.54, 1.807) is 5.32 Å². The van der Waals surface area contributed by atoms with Gasteiger partial charge in [-0.3, -0.25) is 14.4 Å². The minimum Gasteiger partial charge on any atom is -0.344 e. The summed E-state index contributed by atoms with van der Waals surface area (Å²) in [6.07, 6.45) is -3.46. The van der Waals surface area contributed by atoms with E-state index in [9.17, 15) is 40.4 Å². The summed E-state index contributed by atoms with van der Waals surface area (Å²) in [4.78, 5) is 38.8. The molecule has 0 spiro atoms. The SMILES string of the molecule is Cc1cc(NC(=O)c2c3c(cn2C)S(=O)(=O)N[C@H]2CN(C(=O)C(=O)N[C@H](C)C(F)(F)F)C[C@H]2CS3)ccc1F. The first-order valence-electron chi connectivity index (χ1n) is 11.7. The minimum atomic E-state index is -4.73. The number of thioether (sulfide) groups is 1. The number of sulfonamides is 1. The molecule has 16 heteroatoms. The molecule has 4 rings (SSSR count). The van der Waals surface area contributed by atoms with Crippen LogP contribution < -0.4 is 15.4 Å². The van der Waals surface area contributed by atoms with Gasteiger partial charge < -0.3 is 20.1 Å². The van der Waals surface area contributed by atoms with Crippen molar-refractivity contribution in [3.05, 3.63) is 41.5 Å². The second kappa shape index (κ2) is 10.5. The zero-order valence-corrected chi connectivity index (χ0v) is 22.6. The molecular formula is C23H25F4N5O5S2.